The Labute approximate surface area is 183 Å². The van der Waals surface area contributed by atoms with Crippen molar-refractivity contribution in [2.24, 2.45) is 5.73 Å². The highest BCUT2D eigenvalue weighted by Crippen LogP contribution is 2.25. The molecule has 0 fully saturated rings. The number of carbonyl (C=O) groups is 1. The van der Waals surface area contributed by atoms with Crippen LogP contribution in [0.5, 0.6) is 0 Å². The highest BCUT2D eigenvalue weighted by Gasteiger charge is 2.36. The number of carbonyl (C=O) groups excluding carboxylic acids is 1. The maximum absolute atomic E-state index is 11.9. The summed E-state index contributed by atoms with van der Waals surface area (Å²) in [6, 6.07) is 0. The third kappa shape index (κ3) is 14.1. The van der Waals surface area contributed by atoms with E-state index in [-0.39, 0.29) is 5.91 Å². The van der Waals surface area contributed by atoms with Crippen LogP contribution >= 0.6 is 0 Å². The average molecular weight is 411 g/mol. The van der Waals surface area contributed by atoms with Crippen LogP contribution < -0.4 is 5.73 Å². The topological polar surface area (TPSA) is 46.3 Å². The van der Waals surface area contributed by atoms with Crippen LogP contribution in [0.3, 0.4) is 0 Å². The van der Waals surface area contributed by atoms with Crippen LogP contribution in [-0.4, -0.2) is 30.4 Å². The Morgan fingerprint density at radius 2 is 0.931 bits per heavy atom. The van der Waals surface area contributed by atoms with Crippen molar-refractivity contribution in [1.82, 2.24) is 4.90 Å². The molecule has 0 bridgehead atoms. The quantitative estimate of drug-likeness (QED) is 0.187. The number of primary amides is 1. The summed E-state index contributed by atoms with van der Waals surface area (Å²) in [5, 5.41) is 0. The summed E-state index contributed by atoms with van der Waals surface area (Å²) >= 11 is 0. The standard InChI is InChI=1S/C26H54N2O/c1-5-7-8-9-10-11-12-13-14-15-16-17-18-19-20-21-22-23-24-26(6-2,25(27)29)28(3)4/h5-24H2,1-4H3,(H2,27,29). The number of nitrogens with two attached hydrogens (primary N) is 1. The van der Waals surface area contributed by atoms with Gasteiger partial charge >= 0.3 is 0 Å². The Hall–Kier alpha value is -0.570. The number of likely N-dealkylation sites (N-methyl/N-ethyl adjacent to an activating group) is 1. The fourth-order valence-electron chi connectivity index (χ4n) is 4.55. The van der Waals surface area contributed by atoms with Crippen molar-refractivity contribution in [3.63, 3.8) is 0 Å². The summed E-state index contributed by atoms with van der Waals surface area (Å²) in [5.41, 5.74) is 5.23. The third-order valence-corrected chi connectivity index (χ3v) is 6.84. The van der Waals surface area contributed by atoms with E-state index in [4.69, 9.17) is 5.73 Å². The van der Waals surface area contributed by atoms with E-state index in [2.05, 4.69) is 13.8 Å². The fourth-order valence-corrected chi connectivity index (χ4v) is 4.55. The van der Waals surface area contributed by atoms with Crippen LogP contribution in [0.1, 0.15) is 142 Å². The van der Waals surface area contributed by atoms with E-state index >= 15 is 0 Å². The van der Waals surface area contributed by atoms with Gasteiger partial charge in [0, 0.05) is 0 Å². The molecule has 0 saturated carbocycles. The number of nitrogens with zero attached hydrogens (tertiary/aromatic N) is 1. The number of hydrogen-bond acceptors (Lipinski definition) is 2. The van der Waals surface area contributed by atoms with E-state index in [0.29, 0.717) is 0 Å². The van der Waals surface area contributed by atoms with Crippen molar-refractivity contribution in [1.29, 1.82) is 0 Å². The summed E-state index contributed by atoms with van der Waals surface area (Å²) < 4.78 is 0. The van der Waals surface area contributed by atoms with Gasteiger partial charge in [0.05, 0.1) is 5.54 Å². The van der Waals surface area contributed by atoms with Crippen LogP contribution in [0.4, 0.5) is 0 Å². The molecule has 0 radical (unpaired) electrons. The molecule has 2 N–H and O–H groups in total. The molecule has 0 aliphatic carbocycles. The lowest BCUT2D eigenvalue weighted by atomic mass is 9.87. The van der Waals surface area contributed by atoms with E-state index < -0.39 is 5.54 Å². The van der Waals surface area contributed by atoms with Gasteiger partial charge in [-0.3, -0.25) is 9.69 Å². The van der Waals surface area contributed by atoms with Crippen LogP contribution in [0, 0.1) is 0 Å². The smallest absolute Gasteiger partial charge is 0.237 e. The highest BCUT2D eigenvalue weighted by atomic mass is 16.1. The molecule has 3 heteroatoms. The van der Waals surface area contributed by atoms with Gasteiger partial charge in [-0.25, -0.2) is 0 Å². The summed E-state index contributed by atoms with van der Waals surface area (Å²) in [5.74, 6) is -0.169. The molecular formula is C26H54N2O. The zero-order chi connectivity index (χ0) is 21.8. The van der Waals surface area contributed by atoms with Crippen molar-refractivity contribution in [2.45, 2.75) is 148 Å². The van der Waals surface area contributed by atoms with Crippen LogP contribution in [0.15, 0.2) is 0 Å². The zero-order valence-corrected chi connectivity index (χ0v) is 20.6. The van der Waals surface area contributed by atoms with Crippen molar-refractivity contribution in [3.8, 4) is 0 Å². The molecule has 0 spiro atoms. The molecule has 0 heterocycles. The van der Waals surface area contributed by atoms with E-state index in [1.165, 1.54) is 109 Å². The third-order valence-electron chi connectivity index (χ3n) is 6.84. The Morgan fingerprint density at radius 1 is 0.621 bits per heavy atom. The van der Waals surface area contributed by atoms with Gasteiger partial charge in [0.2, 0.25) is 5.91 Å². The molecule has 0 aliphatic heterocycles. The van der Waals surface area contributed by atoms with Gasteiger partial charge in [-0.1, -0.05) is 129 Å². The lowest BCUT2D eigenvalue weighted by Gasteiger charge is -2.36. The Balaban J connectivity index is 3.38. The van der Waals surface area contributed by atoms with Gasteiger partial charge in [-0.2, -0.15) is 0 Å². The minimum absolute atomic E-state index is 0.169. The monoisotopic (exact) mass is 410 g/mol. The Bertz CT molecular complexity index is 370. The zero-order valence-electron chi connectivity index (χ0n) is 20.6. The van der Waals surface area contributed by atoms with Gasteiger partial charge < -0.3 is 5.73 Å². The Kier molecular flexibility index (Phi) is 19.0. The summed E-state index contributed by atoms with van der Waals surface area (Å²) in [7, 11) is 3.95. The first kappa shape index (κ1) is 28.4. The summed E-state index contributed by atoms with van der Waals surface area (Å²) in [6.45, 7) is 4.36. The molecule has 1 atom stereocenters. The molecule has 29 heavy (non-hydrogen) atoms. The van der Waals surface area contributed by atoms with Gasteiger partial charge in [-0.05, 0) is 26.9 Å². The Morgan fingerprint density at radius 3 is 1.17 bits per heavy atom. The molecule has 0 rings (SSSR count). The van der Waals surface area contributed by atoms with Crippen LogP contribution in [0.25, 0.3) is 0 Å². The van der Waals surface area contributed by atoms with Crippen LogP contribution in [-0.2, 0) is 4.79 Å². The molecule has 0 aromatic rings. The van der Waals surface area contributed by atoms with Crippen molar-refractivity contribution >= 4 is 5.91 Å². The molecule has 0 aliphatic rings. The van der Waals surface area contributed by atoms with Crippen molar-refractivity contribution in [3.05, 3.63) is 0 Å². The number of unbranched alkanes of at least 4 members (excludes halogenated alkanes) is 17. The maximum Gasteiger partial charge on any atom is 0.237 e. The van der Waals surface area contributed by atoms with E-state index in [1.54, 1.807) is 0 Å². The number of amides is 1. The van der Waals surface area contributed by atoms with E-state index in [1.807, 2.05) is 19.0 Å². The number of rotatable bonds is 22. The fraction of sp³-hybridized carbons (Fsp3) is 0.962. The second-order valence-corrected chi connectivity index (χ2v) is 9.40. The van der Waals surface area contributed by atoms with Gasteiger partial charge in [-0.15, -0.1) is 0 Å². The van der Waals surface area contributed by atoms with E-state index in [9.17, 15) is 4.79 Å². The van der Waals surface area contributed by atoms with Gasteiger partial charge in [0.25, 0.3) is 0 Å². The molecular weight excluding hydrogens is 356 g/mol. The lowest BCUT2D eigenvalue weighted by molar-refractivity contribution is -0.129. The maximum atomic E-state index is 11.9. The SMILES string of the molecule is CCCCCCCCCCCCCCCCCCCCC(CC)(C(N)=O)N(C)C. The largest absolute Gasteiger partial charge is 0.368 e. The normalized spacial score (nSPS) is 13.7. The van der Waals surface area contributed by atoms with E-state index in [0.717, 1.165) is 19.3 Å². The summed E-state index contributed by atoms with van der Waals surface area (Å²) in [6.07, 6.45) is 26.6. The number of hydrogen-bond donors (Lipinski definition) is 1. The average Bonchev–Trinajstić information content (AvgIpc) is 2.69. The second-order valence-electron chi connectivity index (χ2n) is 9.40. The first-order valence-electron chi connectivity index (χ1n) is 13.0. The van der Waals surface area contributed by atoms with Gasteiger partial charge in [0.15, 0.2) is 0 Å². The first-order valence-corrected chi connectivity index (χ1v) is 13.0. The second kappa shape index (κ2) is 19.4. The molecule has 174 valence electrons. The molecule has 0 aromatic carbocycles. The van der Waals surface area contributed by atoms with Crippen molar-refractivity contribution < 1.29 is 4.79 Å². The first-order chi connectivity index (χ1) is 14.0. The molecule has 1 amide bonds. The predicted molar refractivity (Wildman–Crippen MR) is 129 cm³/mol. The molecule has 1 unspecified atom stereocenters. The lowest BCUT2D eigenvalue weighted by Crippen LogP contribution is -2.54. The van der Waals surface area contributed by atoms with Crippen LogP contribution in [0.2, 0.25) is 0 Å². The predicted octanol–water partition coefficient (Wildman–Crippen LogP) is 7.61. The molecule has 0 aromatic heterocycles. The molecule has 0 saturated heterocycles. The minimum atomic E-state index is -0.449. The van der Waals surface area contributed by atoms with Crippen molar-refractivity contribution in [2.75, 3.05) is 14.1 Å². The van der Waals surface area contributed by atoms with Gasteiger partial charge in [0.1, 0.15) is 0 Å². The highest BCUT2D eigenvalue weighted by molar-refractivity contribution is 5.84. The minimum Gasteiger partial charge on any atom is -0.368 e. The summed E-state index contributed by atoms with van der Waals surface area (Å²) in [4.78, 5) is 13.9. The molecule has 3 nitrogen and oxygen atoms in total.